The van der Waals surface area contributed by atoms with Gasteiger partial charge in [0.2, 0.25) is 0 Å². The zero-order valence-electron chi connectivity index (χ0n) is 63.6. The molecule has 0 aliphatic rings. The molecule has 0 aromatic rings. The number of unbranched alkanes of at least 4 members (excludes halogenated alkanes) is 43. The fraction of sp³-hybridized carbons (Fsp3) is 0.899. The second-order valence-electron chi connectivity index (χ2n) is 28.7. The van der Waals surface area contributed by atoms with Gasteiger partial charge in [-0.3, -0.25) is 37.3 Å². The summed E-state index contributed by atoms with van der Waals surface area (Å²) < 4.78 is 68.5. The summed E-state index contributed by atoms with van der Waals surface area (Å²) in [6.07, 6.45) is 61.9. The van der Waals surface area contributed by atoms with Crippen LogP contribution in [0.5, 0.6) is 0 Å². The number of phosphoric acid groups is 2. The van der Waals surface area contributed by atoms with Crippen molar-refractivity contribution in [1.82, 2.24) is 0 Å². The lowest BCUT2D eigenvalue weighted by atomic mass is 10.0. The Morgan fingerprint density at radius 1 is 0.316 bits per heavy atom. The summed E-state index contributed by atoms with van der Waals surface area (Å²) in [6.45, 7) is 9.55. The number of phosphoric ester groups is 2. The summed E-state index contributed by atoms with van der Waals surface area (Å²) in [5.74, 6) is -0.590. The van der Waals surface area contributed by atoms with Crippen LogP contribution in [-0.2, 0) is 65.4 Å². The second kappa shape index (κ2) is 70.2. The molecular weight excluding hydrogens is 1280 g/mol. The van der Waals surface area contributed by atoms with E-state index in [-0.39, 0.29) is 25.7 Å². The Labute approximate surface area is 599 Å². The van der Waals surface area contributed by atoms with Crippen molar-refractivity contribution < 1.29 is 80.2 Å². The topological polar surface area (TPSA) is 237 Å². The van der Waals surface area contributed by atoms with E-state index in [2.05, 4.69) is 65.8 Å². The van der Waals surface area contributed by atoms with E-state index in [0.29, 0.717) is 25.7 Å². The van der Waals surface area contributed by atoms with Crippen molar-refractivity contribution in [3.05, 3.63) is 24.3 Å². The highest BCUT2D eigenvalue weighted by Gasteiger charge is 2.30. The number of aliphatic hydroxyl groups is 1. The molecule has 98 heavy (non-hydrogen) atoms. The first kappa shape index (κ1) is 95.5. The van der Waals surface area contributed by atoms with Crippen molar-refractivity contribution in [1.29, 1.82) is 0 Å². The lowest BCUT2D eigenvalue weighted by Gasteiger charge is -2.21. The summed E-state index contributed by atoms with van der Waals surface area (Å²) in [5.41, 5.74) is 0. The third-order valence-corrected chi connectivity index (χ3v) is 19.7. The minimum Gasteiger partial charge on any atom is -0.462 e. The molecule has 0 fully saturated rings. The molecule has 0 saturated carbocycles. The molecule has 0 saturated heterocycles. The molecule has 17 nitrogen and oxygen atoms in total. The molecule has 0 heterocycles. The molecule has 3 N–H and O–H groups in total. The minimum absolute atomic E-state index is 0.101. The molecule has 0 aromatic carbocycles. The maximum atomic E-state index is 13.1. The van der Waals surface area contributed by atoms with Crippen LogP contribution in [0.3, 0.4) is 0 Å². The van der Waals surface area contributed by atoms with Gasteiger partial charge < -0.3 is 33.8 Å². The highest BCUT2D eigenvalue weighted by molar-refractivity contribution is 7.47. The van der Waals surface area contributed by atoms with E-state index in [1.807, 2.05) is 0 Å². The SMILES string of the molecule is CCCCCC/C=C\C=C/CCCCCCCC(=O)OC[C@H](COP(=O)(O)OC[C@@H](O)COP(=O)(O)OC[C@@H](COC(=O)CCCCCCCCCCCC)OC(=O)CCCCCCCCCCCC(C)C)OC(=O)CCCCCCCCCCCCCCCCCCCCC(C)C. The van der Waals surface area contributed by atoms with E-state index in [1.54, 1.807) is 0 Å². The number of rotatable bonds is 76. The Morgan fingerprint density at radius 3 is 0.837 bits per heavy atom. The van der Waals surface area contributed by atoms with Crippen LogP contribution in [0.15, 0.2) is 24.3 Å². The van der Waals surface area contributed by atoms with Crippen LogP contribution in [-0.4, -0.2) is 96.7 Å². The van der Waals surface area contributed by atoms with Crippen molar-refractivity contribution in [3.8, 4) is 0 Å². The summed E-state index contributed by atoms with van der Waals surface area (Å²) in [6, 6.07) is 0. The van der Waals surface area contributed by atoms with Gasteiger partial charge in [0.25, 0.3) is 0 Å². The molecule has 0 aliphatic heterocycles. The molecule has 0 rings (SSSR count). The number of esters is 4. The zero-order valence-corrected chi connectivity index (χ0v) is 65.4. The molecule has 19 heteroatoms. The van der Waals surface area contributed by atoms with E-state index in [9.17, 15) is 43.2 Å². The van der Waals surface area contributed by atoms with Crippen LogP contribution >= 0.6 is 15.6 Å². The molecule has 5 atom stereocenters. The number of aliphatic hydroxyl groups excluding tert-OH is 1. The van der Waals surface area contributed by atoms with Crippen LogP contribution in [0.2, 0.25) is 0 Å². The van der Waals surface area contributed by atoms with Gasteiger partial charge in [-0.25, -0.2) is 9.13 Å². The first-order valence-corrected chi connectivity index (χ1v) is 43.3. The second-order valence-corrected chi connectivity index (χ2v) is 31.6. The average Bonchev–Trinajstić information content (AvgIpc) is 1.11. The predicted molar refractivity (Wildman–Crippen MR) is 400 cm³/mol. The summed E-state index contributed by atoms with van der Waals surface area (Å²) >= 11 is 0. The molecule has 0 amide bonds. The van der Waals surface area contributed by atoms with E-state index in [4.69, 9.17) is 37.0 Å². The standard InChI is InChI=1S/C79H150O17P2/c1-7-9-11-13-15-17-19-20-25-29-32-38-44-50-56-62-77(82)90-68-74(95-78(83)63-57-51-45-39-33-30-27-24-22-21-23-26-28-31-35-41-47-53-59-71(3)4)69-93-97(85,86)91-65-73(80)66-92-98(87,88)94-70-75(67-89-76(81)61-55-49-43-37-18-16-14-12-10-8-2)96-79(84)64-58-52-46-40-34-36-42-48-54-60-72(5)6/h17,19-20,25,71-75,80H,7-16,18,21-24,26-70H2,1-6H3,(H,85,86)(H,87,88)/b19-17-,25-20-/t73-,74-,75-/m1/s1. The van der Waals surface area contributed by atoms with Crippen LogP contribution in [0.4, 0.5) is 0 Å². The number of hydrogen-bond donors (Lipinski definition) is 3. The normalized spacial score (nSPS) is 14.1. The van der Waals surface area contributed by atoms with Crippen LogP contribution in [0.1, 0.15) is 388 Å². The quantitative estimate of drug-likeness (QED) is 0.0169. The Morgan fingerprint density at radius 2 is 0.551 bits per heavy atom. The minimum atomic E-state index is -4.97. The van der Waals surface area contributed by atoms with Crippen LogP contribution < -0.4 is 0 Å². The van der Waals surface area contributed by atoms with Crippen molar-refractivity contribution in [2.75, 3.05) is 39.6 Å². The van der Waals surface area contributed by atoms with Gasteiger partial charge in [-0.05, 0) is 63.2 Å². The summed E-state index contributed by atoms with van der Waals surface area (Å²) in [7, 11) is -9.92. The van der Waals surface area contributed by atoms with Gasteiger partial charge in [-0.2, -0.15) is 0 Å². The third-order valence-electron chi connectivity index (χ3n) is 17.8. The fourth-order valence-corrected chi connectivity index (χ4v) is 13.2. The molecular formula is C79H150O17P2. The van der Waals surface area contributed by atoms with Gasteiger partial charge in [-0.15, -0.1) is 0 Å². The Balaban J connectivity index is 5.24. The smallest absolute Gasteiger partial charge is 0.462 e. The Kier molecular flexibility index (Phi) is 68.5. The number of carbonyl (C=O) groups is 4. The fourth-order valence-electron chi connectivity index (χ4n) is 11.6. The number of ether oxygens (including phenoxy) is 4. The first-order valence-electron chi connectivity index (χ1n) is 40.3. The van der Waals surface area contributed by atoms with Crippen LogP contribution in [0.25, 0.3) is 0 Å². The third kappa shape index (κ3) is 71.9. The van der Waals surface area contributed by atoms with Crippen molar-refractivity contribution in [2.24, 2.45) is 11.8 Å². The molecule has 0 aliphatic carbocycles. The van der Waals surface area contributed by atoms with Gasteiger partial charge in [0.1, 0.15) is 19.3 Å². The maximum absolute atomic E-state index is 13.1. The van der Waals surface area contributed by atoms with Gasteiger partial charge in [-0.1, -0.05) is 336 Å². The highest BCUT2D eigenvalue weighted by atomic mass is 31.2. The molecule has 0 aromatic heterocycles. The van der Waals surface area contributed by atoms with E-state index in [0.717, 1.165) is 121 Å². The lowest BCUT2D eigenvalue weighted by molar-refractivity contribution is -0.161. The number of carbonyl (C=O) groups excluding carboxylic acids is 4. The lowest BCUT2D eigenvalue weighted by Crippen LogP contribution is -2.30. The van der Waals surface area contributed by atoms with E-state index >= 15 is 0 Å². The summed E-state index contributed by atoms with van der Waals surface area (Å²) in [4.78, 5) is 72.8. The Hall–Kier alpha value is -2.46. The molecule has 0 radical (unpaired) electrons. The Bertz CT molecular complexity index is 1980. The molecule has 578 valence electrons. The molecule has 0 spiro atoms. The van der Waals surface area contributed by atoms with Crippen molar-refractivity contribution >= 4 is 39.5 Å². The van der Waals surface area contributed by atoms with Crippen molar-refractivity contribution in [3.63, 3.8) is 0 Å². The average molecular weight is 1430 g/mol. The predicted octanol–water partition coefficient (Wildman–Crippen LogP) is 23.1. The van der Waals surface area contributed by atoms with Gasteiger partial charge in [0, 0.05) is 25.7 Å². The van der Waals surface area contributed by atoms with Gasteiger partial charge in [0.15, 0.2) is 12.2 Å². The van der Waals surface area contributed by atoms with Gasteiger partial charge >= 0.3 is 39.5 Å². The number of allylic oxidation sites excluding steroid dienone is 4. The van der Waals surface area contributed by atoms with Crippen LogP contribution in [0, 0.1) is 11.8 Å². The molecule has 0 bridgehead atoms. The first-order chi connectivity index (χ1) is 47.4. The van der Waals surface area contributed by atoms with Crippen molar-refractivity contribution in [2.45, 2.75) is 407 Å². The number of hydrogen-bond acceptors (Lipinski definition) is 15. The van der Waals surface area contributed by atoms with E-state index in [1.165, 1.54) is 186 Å². The van der Waals surface area contributed by atoms with Gasteiger partial charge in [0.05, 0.1) is 26.4 Å². The largest absolute Gasteiger partial charge is 0.472 e. The summed E-state index contributed by atoms with van der Waals surface area (Å²) in [5, 5.41) is 10.6. The maximum Gasteiger partial charge on any atom is 0.472 e. The monoisotopic (exact) mass is 1430 g/mol. The van der Waals surface area contributed by atoms with E-state index < -0.39 is 97.5 Å². The molecule has 2 unspecified atom stereocenters. The zero-order chi connectivity index (χ0) is 72.1. The highest BCUT2D eigenvalue weighted by Crippen LogP contribution is 2.45.